The number of carbonyl (C=O) groups excluding carboxylic acids is 3. The number of ether oxygens (including phenoxy) is 2. The molecule has 3 atom stereocenters. The largest absolute Gasteiger partial charge is 0.481 e. The highest BCUT2D eigenvalue weighted by Gasteiger charge is 2.24. The maximum absolute atomic E-state index is 15.3. The van der Waals surface area contributed by atoms with E-state index < -0.39 is 17.6 Å². The molecule has 0 spiro atoms. The number of methoxy groups -OCH3 is 2. The Hall–Kier alpha value is -4.32. The molecule has 3 aromatic rings. The van der Waals surface area contributed by atoms with Gasteiger partial charge in [0.25, 0.3) is 11.8 Å². The van der Waals surface area contributed by atoms with Gasteiger partial charge in [0.1, 0.15) is 11.4 Å². The van der Waals surface area contributed by atoms with E-state index in [1.807, 2.05) is 26.8 Å². The number of nitrogens with one attached hydrogen (secondary N) is 3. The van der Waals surface area contributed by atoms with Gasteiger partial charge in [-0.15, -0.1) is 0 Å². The molecule has 0 fully saturated rings. The minimum absolute atomic E-state index is 0.0182. The van der Waals surface area contributed by atoms with Crippen LogP contribution < -0.4 is 26.4 Å². The van der Waals surface area contributed by atoms with Crippen molar-refractivity contribution in [2.75, 3.05) is 39.7 Å². The van der Waals surface area contributed by atoms with Crippen LogP contribution in [0.5, 0.6) is 5.88 Å². The van der Waals surface area contributed by atoms with E-state index in [1.165, 1.54) is 32.0 Å². The van der Waals surface area contributed by atoms with Crippen LogP contribution in [0.15, 0.2) is 48.0 Å². The average molecular weight is 855 g/mol. The van der Waals surface area contributed by atoms with Crippen LogP contribution in [0.2, 0.25) is 5.02 Å². The molecule has 0 radical (unpaired) electrons. The predicted octanol–water partition coefficient (Wildman–Crippen LogP) is 10.4. The molecule has 60 heavy (non-hydrogen) atoms. The summed E-state index contributed by atoms with van der Waals surface area (Å²) in [4.78, 5) is 41.3. The lowest BCUT2D eigenvalue weighted by Crippen LogP contribution is -2.37. The third kappa shape index (κ3) is 15.9. The smallest absolute Gasteiger partial charge is 0.260 e. The summed E-state index contributed by atoms with van der Waals surface area (Å²) in [5, 5.41) is 8.51. The second-order valence-electron chi connectivity index (χ2n) is 14.7. The Morgan fingerprint density at radius 3 is 2.22 bits per heavy atom. The fourth-order valence-corrected chi connectivity index (χ4v) is 6.77. The first-order valence-corrected chi connectivity index (χ1v) is 22.0. The first-order valence-electron chi connectivity index (χ1n) is 21.6. The van der Waals surface area contributed by atoms with Gasteiger partial charge in [-0.1, -0.05) is 91.6 Å². The maximum atomic E-state index is 15.3. The number of nitrogens with zero attached hydrogens (tertiary/aromatic N) is 1. The molecule has 1 aliphatic rings. The third-order valence-corrected chi connectivity index (χ3v) is 10.9. The van der Waals surface area contributed by atoms with Crippen molar-refractivity contribution in [3.05, 3.63) is 75.6 Å². The first-order chi connectivity index (χ1) is 28.8. The molecule has 0 saturated carbocycles. The fraction of sp³-hybridized carbons (Fsp3) is 0.542. The van der Waals surface area contributed by atoms with Gasteiger partial charge in [0.2, 0.25) is 11.8 Å². The molecule has 1 aliphatic carbocycles. The molecule has 10 nitrogen and oxygen atoms in total. The summed E-state index contributed by atoms with van der Waals surface area (Å²) in [5.41, 5.74) is 10.5. The van der Waals surface area contributed by atoms with Gasteiger partial charge in [-0.3, -0.25) is 14.4 Å². The minimum atomic E-state index is -0.625. The van der Waals surface area contributed by atoms with E-state index in [2.05, 4.69) is 55.6 Å². The molecule has 12 heteroatoms. The number of fused-ring (bicyclic) bond motifs is 1. The van der Waals surface area contributed by atoms with Gasteiger partial charge in [-0.2, -0.15) is 0 Å². The second kappa shape index (κ2) is 29.0. The average Bonchev–Trinajstić information content (AvgIpc) is 3.75. The zero-order valence-electron chi connectivity index (χ0n) is 38.4. The number of hydrogen-bond acceptors (Lipinski definition) is 7. The number of nitrogens with two attached hydrogens (primary N) is 1. The second-order valence-corrected chi connectivity index (χ2v) is 15.0. The highest BCUT2D eigenvalue weighted by atomic mass is 35.5. The van der Waals surface area contributed by atoms with Crippen LogP contribution in [0.3, 0.4) is 0 Å². The van der Waals surface area contributed by atoms with Crippen molar-refractivity contribution in [2.24, 2.45) is 17.6 Å². The summed E-state index contributed by atoms with van der Waals surface area (Å²) in [6.07, 6.45) is 10.9. The number of hydrogen-bond donors (Lipinski definition) is 4. The molecule has 5 N–H and O–H groups in total. The summed E-state index contributed by atoms with van der Waals surface area (Å²) in [7, 11) is 4.72. The summed E-state index contributed by atoms with van der Waals surface area (Å²) in [5.74, 6) is 0.00847. The molecule has 0 aliphatic heterocycles. The summed E-state index contributed by atoms with van der Waals surface area (Å²) in [6, 6.07) is 10.4. The Bertz CT molecular complexity index is 1830. The Labute approximate surface area is 365 Å². The molecule has 0 saturated heterocycles. The van der Waals surface area contributed by atoms with Crippen molar-refractivity contribution in [1.29, 1.82) is 0 Å². The van der Waals surface area contributed by atoms with Crippen molar-refractivity contribution in [2.45, 2.75) is 126 Å². The summed E-state index contributed by atoms with van der Waals surface area (Å²) >= 11 is 6.83. The minimum Gasteiger partial charge on any atom is -0.481 e. The SMILES string of the molecule is CC.CCC(C)CCC(CC)NC(=O)C(C)CC.CCCOC.CNC(=O)/C(=C\CN)C(=O)Nc1cccc(-c2c(F)ccc(-c3cc4c(c(OC)n3)CCC4)c2Cl)c1C. The van der Waals surface area contributed by atoms with Gasteiger partial charge < -0.3 is 31.2 Å². The number of anilines is 1. The van der Waals surface area contributed by atoms with Crippen molar-refractivity contribution >= 4 is 35.0 Å². The van der Waals surface area contributed by atoms with Crippen LogP contribution >= 0.6 is 11.6 Å². The van der Waals surface area contributed by atoms with Crippen LogP contribution in [0.4, 0.5) is 10.1 Å². The van der Waals surface area contributed by atoms with Gasteiger partial charge in [0, 0.05) is 61.6 Å². The van der Waals surface area contributed by atoms with Gasteiger partial charge in [0.05, 0.1) is 17.8 Å². The van der Waals surface area contributed by atoms with Gasteiger partial charge in [0.15, 0.2) is 0 Å². The van der Waals surface area contributed by atoms with Gasteiger partial charge in [-0.05, 0) is 105 Å². The number of halogens is 2. The van der Waals surface area contributed by atoms with E-state index in [0.29, 0.717) is 40.0 Å². The lowest BCUT2D eigenvalue weighted by Gasteiger charge is -2.20. The topological polar surface area (TPSA) is 145 Å². The summed E-state index contributed by atoms with van der Waals surface area (Å²) in [6.45, 7) is 19.5. The monoisotopic (exact) mass is 854 g/mol. The van der Waals surface area contributed by atoms with Crippen molar-refractivity contribution in [3.63, 3.8) is 0 Å². The zero-order valence-corrected chi connectivity index (χ0v) is 39.1. The van der Waals surface area contributed by atoms with Crippen LogP contribution in [0, 0.1) is 24.6 Å². The Morgan fingerprint density at radius 2 is 1.67 bits per heavy atom. The molecule has 3 unspecified atom stereocenters. The number of rotatable bonds is 17. The highest BCUT2D eigenvalue weighted by molar-refractivity contribution is 6.36. The Kier molecular flexibility index (Phi) is 26.0. The highest BCUT2D eigenvalue weighted by Crippen LogP contribution is 2.42. The number of pyridine rings is 1. The molecule has 3 amide bonds. The standard InChI is InChI=1S/C28H28ClFN4O3.C14H29NO.C4H10O.C2H6/c1-15-17(7-5-9-22(15)33-27(36)20(12-13-31)26(35)32-2)24-21(30)11-10-19(25(24)29)23-14-16-6-4-8-18(16)28(34-23)37-3;1-6-11(4)9-10-13(8-3)15-14(16)12(5)7-2;1-3-4-5-2;1-2/h5,7,9-12,14H,4,6,8,13,31H2,1-3H3,(H,32,35)(H,33,36);11-13H,6-10H2,1-5H3,(H,15,16);3-4H2,1-2H3;1-2H3/b20-12+;;;. The van der Waals surface area contributed by atoms with Crippen molar-refractivity contribution in [1.82, 2.24) is 15.6 Å². The Morgan fingerprint density at radius 1 is 0.967 bits per heavy atom. The van der Waals surface area contributed by atoms with Gasteiger partial charge >= 0.3 is 0 Å². The molecule has 1 heterocycles. The molecule has 1 aromatic heterocycles. The number of benzene rings is 2. The lowest BCUT2D eigenvalue weighted by atomic mass is 9.95. The van der Waals surface area contributed by atoms with Crippen molar-refractivity contribution < 1.29 is 28.2 Å². The van der Waals surface area contributed by atoms with Crippen molar-refractivity contribution in [3.8, 4) is 28.3 Å². The van der Waals surface area contributed by atoms with Crippen LogP contribution in [0.1, 0.15) is 117 Å². The molecular formula is C48H73ClFN5O5. The predicted molar refractivity (Wildman–Crippen MR) is 247 cm³/mol. The number of aryl methyl sites for hydroxylation is 1. The molecule has 4 rings (SSSR count). The number of aromatic nitrogens is 1. The molecular weight excluding hydrogens is 781 g/mol. The van der Waals surface area contributed by atoms with Crippen LogP contribution in [-0.4, -0.2) is 63.2 Å². The van der Waals surface area contributed by atoms with E-state index in [4.69, 9.17) is 26.8 Å². The van der Waals surface area contributed by atoms with E-state index in [9.17, 15) is 14.4 Å². The molecule has 0 bridgehead atoms. The normalized spacial score (nSPS) is 13.1. The lowest BCUT2D eigenvalue weighted by molar-refractivity contribution is -0.125. The maximum Gasteiger partial charge on any atom is 0.260 e. The molecule has 334 valence electrons. The fourth-order valence-electron chi connectivity index (χ4n) is 6.42. The summed E-state index contributed by atoms with van der Waals surface area (Å²) < 4.78 is 25.5. The third-order valence-electron chi connectivity index (χ3n) is 10.5. The Balaban J connectivity index is 0.000000651. The van der Waals surface area contributed by atoms with Crippen LogP contribution in [-0.2, 0) is 32.0 Å². The zero-order chi connectivity index (χ0) is 45.4. The van der Waals surface area contributed by atoms with E-state index >= 15 is 4.39 Å². The van der Waals surface area contributed by atoms with Gasteiger partial charge in [-0.25, -0.2) is 9.37 Å². The van der Waals surface area contributed by atoms with E-state index in [0.717, 1.165) is 68.6 Å². The molecule has 2 aromatic carbocycles. The quantitative estimate of drug-likeness (QED) is 0.0601. The first kappa shape index (κ1) is 53.7. The number of carbonyl (C=O) groups is 3. The number of amides is 3. The van der Waals surface area contributed by atoms with Crippen LogP contribution in [0.25, 0.3) is 22.4 Å². The van der Waals surface area contributed by atoms with E-state index in [1.54, 1.807) is 45.4 Å². The van der Waals surface area contributed by atoms with E-state index in [-0.39, 0.29) is 34.5 Å². The number of likely N-dealkylation sites (N-methyl/N-ethyl adjacent to an activating group) is 1.